The molecule has 72 valence electrons. The number of nitrogens with one attached hydrogen (secondary N) is 1. The van der Waals surface area contributed by atoms with E-state index < -0.39 is 0 Å². The SMILES string of the molecule is CCOCn1cc(NC(C)=O)cn1. The van der Waals surface area contributed by atoms with E-state index >= 15 is 0 Å². The Morgan fingerprint density at radius 1 is 1.77 bits per heavy atom. The van der Waals surface area contributed by atoms with Crippen LogP contribution >= 0.6 is 0 Å². The Labute approximate surface area is 76.7 Å². The van der Waals surface area contributed by atoms with Crippen LogP contribution < -0.4 is 5.32 Å². The summed E-state index contributed by atoms with van der Waals surface area (Å²) in [5, 5.41) is 6.61. The number of aromatic nitrogens is 2. The molecule has 1 heterocycles. The average Bonchev–Trinajstić information content (AvgIpc) is 2.48. The van der Waals surface area contributed by atoms with Gasteiger partial charge in [0.25, 0.3) is 0 Å². The third kappa shape index (κ3) is 3.25. The lowest BCUT2D eigenvalue weighted by molar-refractivity contribution is -0.114. The van der Waals surface area contributed by atoms with Gasteiger partial charge in [-0.05, 0) is 6.92 Å². The highest BCUT2D eigenvalue weighted by molar-refractivity contribution is 5.88. The summed E-state index contributed by atoms with van der Waals surface area (Å²) in [6.45, 7) is 4.43. The Bertz CT molecular complexity index is 283. The number of anilines is 1. The van der Waals surface area contributed by atoms with Crippen molar-refractivity contribution in [1.82, 2.24) is 9.78 Å². The van der Waals surface area contributed by atoms with Gasteiger partial charge in [0, 0.05) is 13.5 Å². The Morgan fingerprint density at radius 3 is 3.15 bits per heavy atom. The van der Waals surface area contributed by atoms with Gasteiger partial charge >= 0.3 is 0 Å². The number of nitrogens with zero attached hydrogens (tertiary/aromatic N) is 2. The molecule has 0 unspecified atom stereocenters. The Hall–Kier alpha value is -1.36. The molecule has 0 saturated carbocycles. The van der Waals surface area contributed by atoms with Crippen LogP contribution in [0.5, 0.6) is 0 Å². The van der Waals surface area contributed by atoms with Gasteiger partial charge in [-0.3, -0.25) is 4.79 Å². The summed E-state index contributed by atoms with van der Waals surface area (Å²) in [6.07, 6.45) is 3.30. The topological polar surface area (TPSA) is 56.1 Å². The summed E-state index contributed by atoms with van der Waals surface area (Å²) in [7, 11) is 0. The largest absolute Gasteiger partial charge is 0.360 e. The van der Waals surface area contributed by atoms with E-state index in [1.54, 1.807) is 17.1 Å². The second kappa shape index (κ2) is 4.61. The molecule has 1 rings (SSSR count). The maximum atomic E-state index is 10.7. The van der Waals surface area contributed by atoms with Gasteiger partial charge in [-0.1, -0.05) is 0 Å². The molecule has 5 heteroatoms. The number of carbonyl (C=O) groups excluding carboxylic acids is 1. The number of hydrogen-bond acceptors (Lipinski definition) is 3. The van der Waals surface area contributed by atoms with Crippen molar-refractivity contribution in [2.75, 3.05) is 11.9 Å². The zero-order valence-corrected chi connectivity index (χ0v) is 7.78. The van der Waals surface area contributed by atoms with Crippen LogP contribution in [0.15, 0.2) is 12.4 Å². The van der Waals surface area contributed by atoms with Crippen LogP contribution in [0.25, 0.3) is 0 Å². The number of ether oxygens (including phenoxy) is 1. The maximum Gasteiger partial charge on any atom is 0.221 e. The highest BCUT2D eigenvalue weighted by Crippen LogP contribution is 2.03. The molecule has 5 nitrogen and oxygen atoms in total. The van der Waals surface area contributed by atoms with Crippen molar-refractivity contribution in [1.29, 1.82) is 0 Å². The number of hydrogen-bond donors (Lipinski definition) is 1. The normalized spacial score (nSPS) is 10.0. The minimum atomic E-state index is -0.101. The van der Waals surface area contributed by atoms with E-state index in [-0.39, 0.29) is 5.91 Å². The molecule has 13 heavy (non-hydrogen) atoms. The zero-order chi connectivity index (χ0) is 9.68. The minimum Gasteiger partial charge on any atom is -0.360 e. The maximum absolute atomic E-state index is 10.7. The lowest BCUT2D eigenvalue weighted by atomic mass is 10.5. The van der Waals surface area contributed by atoms with Crippen LogP contribution in [0.3, 0.4) is 0 Å². The van der Waals surface area contributed by atoms with Crippen LogP contribution in [-0.2, 0) is 16.3 Å². The summed E-state index contributed by atoms with van der Waals surface area (Å²) in [4.78, 5) is 10.7. The second-order valence-corrected chi connectivity index (χ2v) is 2.57. The monoisotopic (exact) mass is 183 g/mol. The molecule has 0 aliphatic heterocycles. The van der Waals surface area contributed by atoms with Gasteiger partial charge in [-0.15, -0.1) is 0 Å². The van der Waals surface area contributed by atoms with Crippen LogP contribution in [-0.4, -0.2) is 22.3 Å². The van der Waals surface area contributed by atoms with Gasteiger partial charge in [0.2, 0.25) is 5.91 Å². The molecule has 0 aromatic carbocycles. The van der Waals surface area contributed by atoms with Gasteiger partial charge in [0.15, 0.2) is 0 Å². The van der Waals surface area contributed by atoms with Gasteiger partial charge in [-0.25, -0.2) is 4.68 Å². The molecular formula is C8H13N3O2. The summed E-state index contributed by atoms with van der Waals surface area (Å²) >= 11 is 0. The lowest BCUT2D eigenvalue weighted by Crippen LogP contribution is -2.05. The van der Waals surface area contributed by atoms with Crippen molar-refractivity contribution in [3.8, 4) is 0 Å². The molecule has 0 atom stereocenters. The van der Waals surface area contributed by atoms with Gasteiger partial charge in [0.1, 0.15) is 6.73 Å². The predicted molar refractivity (Wildman–Crippen MR) is 48.2 cm³/mol. The van der Waals surface area contributed by atoms with E-state index in [4.69, 9.17) is 4.74 Å². The van der Waals surface area contributed by atoms with Crippen molar-refractivity contribution in [3.05, 3.63) is 12.4 Å². The number of carbonyl (C=O) groups is 1. The quantitative estimate of drug-likeness (QED) is 0.752. The van der Waals surface area contributed by atoms with E-state index in [1.165, 1.54) is 6.92 Å². The summed E-state index contributed by atoms with van der Waals surface area (Å²) < 4.78 is 6.75. The minimum absolute atomic E-state index is 0.101. The molecule has 0 aliphatic rings. The van der Waals surface area contributed by atoms with Gasteiger partial charge in [-0.2, -0.15) is 5.10 Å². The summed E-state index contributed by atoms with van der Waals surface area (Å²) in [5.74, 6) is -0.101. The molecule has 1 aromatic rings. The molecule has 0 radical (unpaired) electrons. The number of amides is 1. The van der Waals surface area contributed by atoms with E-state index in [0.29, 0.717) is 19.0 Å². The molecule has 0 aliphatic carbocycles. The Kier molecular flexibility index (Phi) is 3.45. The van der Waals surface area contributed by atoms with Crippen LogP contribution in [0, 0.1) is 0 Å². The first-order chi connectivity index (χ1) is 6.22. The molecule has 1 N–H and O–H groups in total. The highest BCUT2D eigenvalue weighted by atomic mass is 16.5. The summed E-state index contributed by atoms with van der Waals surface area (Å²) in [5.41, 5.74) is 0.687. The van der Waals surface area contributed by atoms with Crippen molar-refractivity contribution in [2.24, 2.45) is 0 Å². The van der Waals surface area contributed by atoms with Crippen LogP contribution in [0.4, 0.5) is 5.69 Å². The van der Waals surface area contributed by atoms with Gasteiger partial charge in [0.05, 0.1) is 18.1 Å². The summed E-state index contributed by atoms with van der Waals surface area (Å²) in [6, 6.07) is 0. The molecule has 0 fully saturated rings. The second-order valence-electron chi connectivity index (χ2n) is 2.57. The molecular weight excluding hydrogens is 170 g/mol. The first kappa shape index (κ1) is 9.73. The smallest absolute Gasteiger partial charge is 0.221 e. The standard InChI is InChI=1S/C8H13N3O2/c1-3-13-6-11-5-8(4-9-11)10-7(2)12/h4-5H,3,6H2,1-2H3,(H,10,12). The van der Waals surface area contributed by atoms with Crippen molar-refractivity contribution < 1.29 is 9.53 Å². The Morgan fingerprint density at radius 2 is 2.54 bits per heavy atom. The Balaban J connectivity index is 2.48. The third-order valence-corrected chi connectivity index (χ3v) is 1.38. The fraction of sp³-hybridized carbons (Fsp3) is 0.500. The van der Waals surface area contributed by atoms with Crippen molar-refractivity contribution in [2.45, 2.75) is 20.6 Å². The lowest BCUT2D eigenvalue weighted by Gasteiger charge is -1.99. The third-order valence-electron chi connectivity index (χ3n) is 1.38. The van der Waals surface area contributed by atoms with Crippen LogP contribution in [0.2, 0.25) is 0 Å². The van der Waals surface area contributed by atoms with Gasteiger partial charge < -0.3 is 10.1 Å². The van der Waals surface area contributed by atoms with Crippen molar-refractivity contribution >= 4 is 11.6 Å². The van der Waals surface area contributed by atoms with Crippen LogP contribution in [0.1, 0.15) is 13.8 Å². The van der Waals surface area contributed by atoms with E-state index in [2.05, 4.69) is 10.4 Å². The zero-order valence-electron chi connectivity index (χ0n) is 7.78. The molecule has 0 spiro atoms. The molecule has 1 aromatic heterocycles. The fourth-order valence-electron chi connectivity index (χ4n) is 0.887. The first-order valence-corrected chi connectivity index (χ1v) is 4.10. The predicted octanol–water partition coefficient (Wildman–Crippen LogP) is 0.835. The molecule has 1 amide bonds. The van der Waals surface area contributed by atoms with E-state index in [9.17, 15) is 4.79 Å². The fourth-order valence-corrected chi connectivity index (χ4v) is 0.887. The average molecular weight is 183 g/mol. The molecule has 0 bridgehead atoms. The van der Waals surface area contributed by atoms with Crippen molar-refractivity contribution in [3.63, 3.8) is 0 Å². The highest BCUT2D eigenvalue weighted by Gasteiger charge is 1.98. The molecule has 0 saturated heterocycles. The van der Waals surface area contributed by atoms with E-state index in [1.807, 2.05) is 6.92 Å². The first-order valence-electron chi connectivity index (χ1n) is 4.10. The van der Waals surface area contributed by atoms with E-state index in [0.717, 1.165) is 0 Å². The number of rotatable bonds is 4.